The van der Waals surface area contributed by atoms with E-state index in [0.717, 1.165) is 19.4 Å². The smallest absolute Gasteiger partial charge is 0.246 e. The molecule has 0 radical (unpaired) electrons. The quantitative estimate of drug-likeness (QED) is 0.674. The Kier molecular flexibility index (Phi) is 9.48. The van der Waals surface area contributed by atoms with Gasteiger partial charge in [0.05, 0.1) is 6.61 Å². The van der Waals surface area contributed by atoms with Crippen molar-refractivity contribution >= 4 is 5.91 Å². The van der Waals surface area contributed by atoms with E-state index >= 15 is 0 Å². The summed E-state index contributed by atoms with van der Waals surface area (Å²) in [4.78, 5) is 11.3. The van der Waals surface area contributed by atoms with Crippen molar-refractivity contribution in [1.82, 2.24) is 5.32 Å². The molecule has 0 fully saturated rings. The van der Waals surface area contributed by atoms with E-state index in [1.165, 1.54) is 25.7 Å². The zero-order chi connectivity index (χ0) is 12.9. The summed E-state index contributed by atoms with van der Waals surface area (Å²) in [5.74, 6) is -0.0510. The Morgan fingerprint density at radius 2 is 1.56 bits per heavy atom. The fourth-order valence-electron chi connectivity index (χ4n) is 1.81. The number of hydrogen-bond donors (Lipinski definition) is 1. The van der Waals surface area contributed by atoms with Gasteiger partial charge >= 0.3 is 0 Å². The predicted molar refractivity (Wildman–Crippen MR) is 71.5 cm³/mol. The van der Waals surface area contributed by atoms with Gasteiger partial charge in [-0.05, 0) is 12.8 Å². The summed E-state index contributed by atoms with van der Waals surface area (Å²) in [6.07, 6.45) is 11.0. The number of carbonyl (C=O) groups is 1. The summed E-state index contributed by atoms with van der Waals surface area (Å²) in [6.45, 7) is 2.87. The molecule has 0 aliphatic carbocycles. The van der Waals surface area contributed by atoms with Crippen LogP contribution in [0.3, 0.4) is 0 Å². The second kappa shape index (κ2) is 11.2. The Morgan fingerprint density at radius 3 is 2.33 bits per heavy atom. The van der Waals surface area contributed by atoms with Crippen LogP contribution in [0.25, 0.3) is 0 Å². The zero-order valence-electron chi connectivity index (χ0n) is 11.2. The lowest BCUT2D eigenvalue weighted by molar-refractivity contribution is -0.125. The van der Waals surface area contributed by atoms with E-state index in [9.17, 15) is 4.79 Å². The van der Waals surface area contributed by atoms with Crippen LogP contribution < -0.4 is 5.32 Å². The van der Waals surface area contributed by atoms with E-state index in [2.05, 4.69) is 5.32 Å². The first-order valence-corrected chi connectivity index (χ1v) is 6.97. The lowest BCUT2D eigenvalue weighted by atomic mass is 10.1. The molecule has 0 atom stereocenters. The van der Waals surface area contributed by atoms with Crippen molar-refractivity contribution in [3.63, 3.8) is 0 Å². The summed E-state index contributed by atoms with van der Waals surface area (Å²) < 4.78 is 10.8. The molecule has 0 aromatic carbocycles. The second-order valence-electron chi connectivity index (χ2n) is 4.52. The maximum absolute atomic E-state index is 11.3. The van der Waals surface area contributed by atoms with E-state index in [0.29, 0.717) is 19.8 Å². The van der Waals surface area contributed by atoms with Crippen LogP contribution in [0.1, 0.15) is 38.5 Å². The van der Waals surface area contributed by atoms with Gasteiger partial charge in [0.15, 0.2) is 0 Å². The van der Waals surface area contributed by atoms with Crippen molar-refractivity contribution in [2.75, 3.05) is 33.0 Å². The first-order valence-electron chi connectivity index (χ1n) is 6.97. The highest BCUT2D eigenvalue weighted by Gasteiger charge is 1.99. The molecule has 0 saturated carbocycles. The third-order valence-electron chi connectivity index (χ3n) is 2.86. The molecular weight excluding hydrogens is 230 g/mol. The Bertz CT molecular complexity index is 241. The number of ether oxygens (including phenoxy) is 2. The summed E-state index contributed by atoms with van der Waals surface area (Å²) in [5.41, 5.74) is 0. The molecule has 104 valence electrons. The molecular formula is C14H25NO3. The van der Waals surface area contributed by atoms with Gasteiger partial charge in [0, 0.05) is 19.8 Å². The SMILES string of the molecule is O=C1COCCCCCCCCOC/C=C\CN1. The van der Waals surface area contributed by atoms with Gasteiger partial charge in [-0.1, -0.05) is 37.8 Å². The van der Waals surface area contributed by atoms with Crippen LogP contribution in [0.4, 0.5) is 0 Å². The van der Waals surface area contributed by atoms with Crippen LogP contribution in [0, 0.1) is 0 Å². The molecule has 0 aromatic heterocycles. The van der Waals surface area contributed by atoms with Gasteiger partial charge in [-0.2, -0.15) is 0 Å². The van der Waals surface area contributed by atoms with Crippen LogP contribution in [-0.2, 0) is 14.3 Å². The molecule has 0 saturated heterocycles. The maximum atomic E-state index is 11.3. The molecule has 1 N–H and O–H groups in total. The highest BCUT2D eigenvalue weighted by Crippen LogP contribution is 2.05. The first-order chi connectivity index (χ1) is 8.89. The lowest BCUT2D eigenvalue weighted by Crippen LogP contribution is -2.27. The Morgan fingerprint density at radius 1 is 0.889 bits per heavy atom. The van der Waals surface area contributed by atoms with Crippen molar-refractivity contribution < 1.29 is 14.3 Å². The molecule has 0 spiro atoms. The fourth-order valence-corrected chi connectivity index (χ4v) is 1.81. The van der Waals surface area contributed by atoms with Crippen molar-refractivity contribution in [1.29, 1.82) is 0 Å². The standard InChI is InChI=1S/C14H25NO3/c16-14-13-18-12-7-4-2-1-3-6-10-17-11-8-5-9-15-14/h5,8H,1-4,6-7,9-13H2,(H,15,16)/b8-5-. The summed E-state index contributed by atoms with van der Waals surface area (Å²) in [7, 11) is 0. The average Bonchev–Trinajstić information content (AvgIpc) is 2.37. The Hall–Kier alpha value is -0.870. The summed E-state index contributed by atoms with van der Waals surface area (Å²) >= 11 is 0. The maximum Gasteiger partial charge on any atom is 0.246 e. The van der Waals surface area contributed by atoms with E-state index < -0.39 is 0 Å². The largest absolute Gasteiger partial charge is 0.377 e. The number of carbonyl (C=O) groups excluding carboxylic acids is 1. The van der Waals surface area contributed by atoms with Crippen LogP contribution in [0.15, 0.2) is 12.2 Å². The lowest BCUT2D eigenvalue weighted by Gasteiger charge is -2.04. The van der Waals surface area contributed by atoms with E-state index in [1.54, 1.807) is 0 Å². The minimum atomic E-state index is -0.0510. The molecule has 0 unspecified atom stereocenters. The number of rotatable bonds is 0. The third kappa shape index (κ3) is 9.19. The van der Waals surface area contributed by atoms with Crippen LogP contribution >= 0.6 is 0 Å². The van der Waals surface area contributed by atoms with Crippen LogP contribution in [0.5, 0.6) is 0 Å². The Balaban J connectivity index is 2.18. The fraction of sp³-hybridized carbons (Fsp3) is 0.786. The molecule has 1 amide bonds. The first kappa shape index (κ1) is 15.2. The van der Waals surface area contributed by atoms with Crippen molar-refractivity contribution in [3.8, 4) is 0 Å². The van der Waals surface area contributed by atoms with Gasteiger partial charge in [0.1, 0.15) is 6.61 Å². The molecule has 1 heterocycles. The molecule has 0 aromatic rings. The van der Waals surface area contributed by atoms with Crippen molar-refractivity contribution in [3.05, 3.63) is 12.2 Å². The average molecular weight is 255 g/mol. The van der Waals surface area contributed by atoms with Crippen LogP contribution in [-0.4, -0.2) is 38.9 Å². The Labute approximate surface area is 110 Å². The molecule has 1 aliphatic heterocycles. The minimum absolute atomic E-state index is 0.0510. The van der Waals surface area contributed by atoms with Gasteiger partial charge in [-0.25, -0.2) is 0 Å². The normalized spacial score (nSPS) is 23.9. The minimum Gasteiger partial charge on any atom is -0.377 e. The van der Waals surface area contributed by atoms with Gasteiger partial charge < -0.3 is 14.8 Å². The highest BCUT2D eigenvalue weighted by atomic mass is 16.5. The van der Waals surface area contributed by atoms with E-state index in [-0.39, 0.29) is 12.5 Å². The summed E-state index contributed by atoms with van der Waals surface area (Å²) in [6, 6.07) is 0. The highest BCUT2D eigenvalue weighted by molar-refractivity contribution is 5.77. The molecule has 1 rings (SSSR count). The van der Waals surface area contributed by atoms with Gasteiger partial charge in [-0.15, -0.1) is 0 Å². The molecule has 18 heavy (non-hydrogen) atoms. The second-order valence-corrected chi connectivity index (χ2v) is 4.52. The van der Waals surface area contributed by atoms with Gasteiger partial charge in [0.25, 0.3) is 0 Å². The van der Waals surface area contributed by atoms with Gasteiger partial charge in [-0.3, -0.25) is 4.79 Å². The van der Waals surface area contributed by atoms with Crippen molar-refractivity contribution in [2.45, 2.75) is 38.5 Å². The topological polar surface area (TPSA) is 47.6 Å². The molecule has 4 nitrogen and oxygen atoms in total. The molecule has 1 aliphatic rings. The predicted octanol–water partition coefficient (Wildman–Crippen LogP) is 2.05. The number of amides is 1. The van der Waals surface area contributed by atoms with Crippen molar-refractivity contribution in [2.24, 2.45) is 0 Å². The monoisotopic (exact) mass is 255 g/mol. The molecule has 4 heteroatoms. The third-order valence-corrected chi connectivity index (χ3v) is 2.86. The van der Waals surface area contributed by atoms with E-state index in [1.807, 2.05) is 12.2 Å². The van der Waals surface area contributed by atoms with Crippen LogP contribution in [0.2, 0.25) is 0 Å². The zero-order valence-corrected chi connectivity index (χ0v) is 11.2. The summed E-state index contributed by atoms with van der Waals surface area (Å²) in [5, 5.41) is 2.77. The number of hydrogen-bond acceptors (Lipinski definition) is 3. The number of nitrogens with one attached hydrogen (secondary N) is 1. The van der Waals surface area contributed by atoms with E-state index in [4.69, 9.17) is 9.47 Å². The molecule has 0 bridgehead atoms. The van der Waals surface area contributed by atoms with Gasteiger partial charge in [0.2, 0.25) is 5.91 Å².